The average molecular weight is 401 g/mol. The van der Waals surface area contributed by atoms with Gasteiger partial charge < -0.3 is 9.88 Å². The number of hydrogen-bond acceptors (Lipinski definition) is 4. The molecule has 1 aromatic heterocycles. The molecule has 1 aliphatic heterocycles. The van der Waals surface area contributed by atoms with Crippen molar-refractivity contribution >= 4 is 40.6 Å². The van der Waals surface area contributed by atoms with Crippen molar-refractivity contribution in [1.29, 1.82) is 0 Å². The largest absolute Gasteiger partial charge is 0.349 e. The van der Waals surface area contributed by atoms with E-state index in [2.05, 4.69) is 9.88 Å². The number of aryl methyl sites for hydroxylation is 1. The molecule has 1 saturated heterocycles. The van der Waals surface area contributed by atoms with E-state index in [0.29, 0.717) is 5.69 Å². The van der Waals surface area contributed by atoms with Gasteiger partial charge in [-0.05, 0) is 74.5 Å². The molecule has 3 rings (SSSR count). The molecular formula is C20H20FN3O3S. The van der Waals surface area contributed by atoms with Gasteiger partial charge >= 0.3 is 0 Å². The molecule has 3 amide bonds. The number of amides is 3. The molecule has 0 bridgehead atoms. The van der Waals surface area contributed by atoms with Crippen molar-refractivity contribution in [2.75, 3.05) is 11.9 Å². The van der Waals surface area contributed by atoms with Crippen LogP contribution in [0.15, 0.2) is 35.2 Å². The number of aromatic nitrogens is 1. The monoisotopic (exact) mass is 401 g/mol. The Morgan fingerprint density at radius 3 is 2.50 bits per heavy atom. The number of nitrogens with one attached hydrogen (secondary N) is 1. The number of rotatable bonds is 5. The zero-order valence-electron chi connectivity index (χ0n) is 15.8. The minimum Gasteiger partial charge on any atom is -0.349 e. The molecule has 28 heavy (non-hydrogen) atoms. The third-order valence-electron chi connectivity index (χ3n) is 4.52. The molecule has 8 heteroatoms. The van der Waals surface area contributed by atoms with Crippen LogP contribution in [-0.4, -0.2) is 33.1 Å². The highest BCUT2D eigenvalue weighted by Gasteiger charge is 2.36. The van der Waals surface area contributed by atoms with Crippen LogP contribution in [0.3, 0.4) is 0 Å². The lowest BCUT2D eigenvalue weighted by molar-refractivity contribution is -0.127. The fourth-order valence-corrected chi connectivity index (χ4v) is 3.94. The van der Waals surface area contributed by atoms with E-state index < -0.39 is 29.4 Å². The van der Waals surface area contributed by atoms with E-state index in [1.165, 1.54) is 24.3 Å². The van der Waals surface area contributed by atoms with Gasteiger partial charge in [0, 0.05) is 23.6 Å². The standard InChI is InChI=1S/C20H20FN3O3S/c1-4-23-12(2)9-14(13(23)3)10-17-19(26)24(20(27)28-17)11-18(25)22-16-7-5-15(21)6-8-16/h5-10H,4,11H2,1-3H3,(H,22,25)/b17-10+. The second-order valence-electron chi connectivity index (χ2n) is 6.39. The number of halogens is 1. The molecule has 1 aliphatic rings. The molecule has 0 unspecified atom stereocenters. The predicted molar refractivity (Wildman–Crippen MR) is 107 cm³/mol. The molecule has 1 aromatic carbocycles. The summed E-state index contributed by atoms with van der Waals surface area (Å²) in [5, 5.41) is 2.05. The van der Waals surface area contributed by atoms with Crippen LogP contribution >= 0.6 is 11.8 Å². The van der Waals surface area contributed by atoms with Gasteiger partial charge in [0.2, 0.25) is 5.91 Å². The summed E-state index contributed by atoms with van der Waals surface area (Å²) in [6.07, 6.45) is 1.69. The number of anilines is 1. The molecule has 0 spiro atoms. The van der Waals surface area contributed by atoms with Crippen LogP contribution in [-0.2, 0) is 16.1 Å². The summed E-state index contributed by atoms with van der Waals surface area (Å²) in [4.78, 5) is 38.2. The van der Waals surface area contributed by atoms with E-state index in [-0.39, 0.29) is 4.91 Å². The molecule has 1 fully saturated rings. The van der Waals surface area contributed by atoms with Gasteiger partial charge in [0.25, 0.3) is 11.1 Å². The Kier molecular flexibility index (Phi) is 5.69. The molecule has 0 atom stereocenters. The highest BCUT2D eigenvalue weighted by atomic mass is 32.2. The van der Waals surface area contributed by atoms with Crippen LogP contribution in [0.1, 0.15) is 23.9 Å². The minimum atomic E-state index is -0.528. The summed E-state index contributed by atoms with van der Waals surface area (Å²) in [5.74, 6) is -1.44. The van der Waals surface area contributed by atoms with Gasteiger partial charge in [-0.3, -0.25) is 19.3 Å². The third-order valence-corrected chi connectivity index (χ3v) is 5.43. The van der Waals surface area contributed by atoms with E-state index in [4.69, 9.17) is 0 Å². The predicted octanol–water partition coefficient (Wildman–Crippen LogP) is 3.94. The van der Waals surface area contributed by atoms with Crippen LogP contribution < -0.4 is 5.32 Å². The van der Waals surface area contributed by atoms with Crippen LogP contribution in [0.25, 0.3) is 6.08 Å². The summed E-state index contributed by atoms with van der Waals surface area (Å²) in [7, 11) is 0. The summed E-state index contributed by atoms with van der Waals surface area (Å²) in [6.45, 7) is 6.41. The smallest absolute Gasteiger partial charge is 0.294 e. The molecule has 146 valence electrons. The van der Waals surface area contributed by atoms with Crippen molar-refractivity contribution < 1.29 is 18.8 Å². The first kappa shape index (κ1) is 19.9. The maximum Gasteiger partial charge on any atom is 0.294 e. The molecule has 0 radical (unpaired) electrons. The van der Waals surface area contributed by atoms with Crippen molar-refractivity contribution in [3.05, 3.63) is 58.0 Å². The first-order valence-electron chi connectivity index (χ1n) is 8.77. The number of hydrogen-bond donors (Lipinski definition) is 1. The number of carbonyl (C=O) groups excluding carboxylic acids is 3. The molecular weight excluding hydrogens is 381 g/mol. The Morgan fingerprint density at radius 1 is 1.21 bits per heavy atom. The van der Waals surface area contributed by atoms with Crippen LogP contribution in [0.4, 0.5) is 14.9 Å². The number of imide groups is 1. The lowest BCUT2D eigenvalue weighted by Crippen LogP contribution is -2.36. The zero-order valence-corrected chi connectivity index (χ0v) is 16.6. The summed E-state index contributed by atoms with van der Waals surface area (Å²) < 4.78 is 15.1. The number of benzene rings is 1. The lowest BCUT2D eigenvalue weighted by atomic mass is 10.2. The van der Waals surface area contributed by atoms with Gasteiger partial charge in [0.05, 0.1) is 4.91 Å². The van der Waals surface area contributed by atoms with Gasteiger partial charge in [-0.15, -0.1) is 0 Å². The topological polar surface area (TPSA) is 71.4 Å². The molecule has 2 heterocycles. The highest BCUT2D eigenvalue weighted by molar-refractivity contribution is 8.18. The first-order chi connectivity index (χ1) is 13.3. The minimum absolute atomic E-state index is 0.288. The second-order valence-corrected chi connectivity index (χ2v) is 7.39. The zero-order chi connectivity index (χ0) is 20.4. The number of nitrogens with zero attached hydrogens (tertiary/aromatic N) is 2. The van der Waals surface area contributed by atoms with E-state index in [0.717, 1.165) is 40.2 Å². The van der Waals surface area contributed by atoms with Gasteiger partial charge in [0.15, 0.2) is 0 Å². The maximum atomic E-state index is 12.9. The van der Waals surface area contributed by atoms with Gasteiger partial charge in [-0.1, -0.05) is 0 Å². The Balaban J connectivity index is 1.73. The molecule has 6 nitrogen and oxygen atoms in total. The molecule has 0 aliphatic carbocycles. The van der Waals surface area contributed by atoms with Gasteiger partial charge in [-0.25, -0.2) is 4.39 Å². The average Bonchev–Trinajstić information content (AvgIpc) is 3.06. The highest BCUT2D eigenvalue weighted by Crippen LogP contribution is 2.33. The Morgan fingerprint density at radius 2 is 1.89 bits per heavy atom. The quantitative estimate of drug-likeness (QED) is 0.771. The second kappa shape index (κ2) is 8.02. The van der Waals surface area contributed by atoms with Crippen molar-refractivity contribution in [3.63, 3.8) is 0 Å². The maximum absolute atomic E-state index is 12.9. The van der Waals surface area contributed by atoms with E-state index >= 15 is 0 Å². The van der Waals surface area contributed by atoms with Crippen LogP contribution in [0.5, 0.6) is 0 Å². The summed E-state index contributed by atoms with van der Waals surface area (Å²) in [5.41, 5.74) is 3.35. The molecule has 1 N–H and O–H groups in total. The van der Waals surface area contributed by atoms with Crippen molar-refractivity contribution in [2.45, 2.75) is 27.3 Å². The van der Waals surface area contributed by atoms with Gasteiger partial charge in [-0.2, -0.15) is 0 Å². The first-order valence-corrected chi connectivity index (χ1v) is 9.59. The Bertz CT molecular complexity index is 979. The lowest BCUT2D eigenvalue weighted by Gasteiger charge is -2.12. The van der Waals surface area contributed by atoms with Crippen LogP contribution in [0, 0.1) is 19.7 Å². The number of carbonyl (C=O) groups is 3. The van der Waals surface area contributed by atoms with Gasteiger partial charge in [0.1, 0.15) is 12.4 Å². The number of thioether (sulfide) groups is 1. The SMILES string of the molecule is CCn1c(C)cc(/C=C2/SC(=O)N(CC(=O)Nc3ccc(F)cc3)C2=O)c1C. The van der Waals surface area contributed by atoms with Crippen molar-refractivity contribution in [2.24, 2.45) is 0 Å². The Labute approximate surface area is 166 Å². The normalized spacial score (nSPS) is 15.6. The van der Waals surface area contributed by atoms with Crippen LogP contribution in [0.2, 0.25) is 0 Å². The molecule has 0 saturated carbocycles. The third kappa shape index (κ3) is 4.01. The van der Waals surface area contributed by atoms with E-state index in [1.807, 2.05) is 26.8 Å². The van der Waals surface area contributed by atoms with Crippen molar-refractivity contribution in [1.82, 2.24) is 9.47 Å². The van der Waals surface area contributed by atoms with E-state index in [1.54, 1.807) is 6.08 Å². The summed E-state index contributed by atoms with van der Waals surface area (Å²) in [6, 6.07) is 7.21. The van der Waals surface area contributed by atoms with Crippen molar-refractivity contribution in [3.8, 4) is 0 Å². The fourth-order valence-electron chi connectivity index (χ4n) is 3.12. The van der Waals surface area contributed by atoms with E-state index in [9.17, 15) is 18.8 Å². The summed E-state index contributed by atoms with van der Waals surface area (Å²) >= 11 is 0.818. The fraction of sp³-hybridized carbons (Fsp3) is 0.250. The molecule has 2 aromatic rings. The Hall–Kier alpha value is -2.87.